The predicted molar refractivity (Wildman–Crippen MR) is 101 cm³/mol. The fourth-order valence-electron chi connectivity index (χ4n) is 3.19. The van der Waals surface area contributed by atoms with Crippen molar-refractivity contribution in [3.8, 4) is 22.3 Å². The van der Waals surface area contributed by atoms with Gasteiger partial charge in [0.05, 0.1) is 0 Å². The van der Waals surface area contributed by atoms with Crippen LogP contribution in [-0.2, 0) is 12.8 Å². The third-order valence-electron chi connectivity index (χ3n) is 4.46. The summed E-state index contributed by atoms with van der Waals surface area (Å²) in [7, 11) is 0. The van der Waals surface area contributed by atoms with Crippen LogP contribution in [0.1, 0.15) is 30.5 Å². The van der Waals surface area contributed by atoms with Crippen LogP contribution in [0.3, 0.4) is 0 Å². The van der Waals surface area contributed by atoms with Gasteiger partial charge in [0.15, 0.2) is 0 Å². The molecule has 23 heavy (non-hydrogen) atoms. The minimum absolute atomic E-state index is 1.06. The number of hydrogen-bond donors (Lipinski definition) is 0. The SMILES string of the molecule is CCc1cccc(-c2cc(C)cc(-c3ccccc3CC)c2)c1. The molecule has 0 heterocycles. The van der Waals surface area contributed by atoms with Crippen molar-refractivity contribution >= 4 is 0 Å². The zero-order valence-corrected chi connectivity index (χ0v) is 14.3. The van der Waals surface area contributed by atoms with Gasteiger partial charge in [0.2, 0.25) is 0 Å². The fraction of sp³-hybridized carbons (Fsp3) is 0.217. The van der Waals surface area contributed by atoms with Crippen LogP contribution in [0.5, 0.6) is 0 Å². The summed E-state index contributed by atoms with van der Waals surface area (Å²) in [5.41, 5.74) is 9.40. The molecular formula is C23H24. The van der Waals surface area contributed by atoms with Crippen LogP contribution >= 0.6 is 0 Å². The van der Waals surface area contributed by atoms with Gasteiger partial charge in [0.1, 0.15) is 0 Å². The van der Waals surface area contributed by atoms with Crippen LogP contribution in [-0.4, -0.2) is 0 Å². The highest BCUT2D eigenvalue weighted by Crippen LogP contribution is 2.30. The van der Waals surface area contributed by atoms with Crippen LogP contribution in [0.4, 0.5) is 0 Å². The molecule has 3 aromatic carbocycles. The molecule has 3 aromatic rings. The highest BCUT2D eigenvalue weighted by molar-refractivity contribution is 5.76. The van der Waals surface area contributed by atoms with Crippen molar-refractivity contribution in [2.45, 2.75) is 33.6 Å². The van der Waals surface area contributed by atoms with Gasteiger partial charge in [-0.2, -0.15) is 0 Å². The molecule has 0 aliphatic heterocycles. The van der Waals surface area contributed by atoms with Crippen molar-refractivity contribution in [2.24, 2.45) is 0 Å². The average molecular weight is 300 g/mol. The van der Waals surface area contributed by atoms with Crippen LogP contribution < -0.4 is 0 Å². The van der Waals surface area contributed by atoms with Gasteiger partial charge in [-0.3, -0.25) is 0 Å². The first-order valence-corrected chi connectivity index (χ1v) is 8.50. The number of aryl methyl sites for hydroxylation is 3. The highest BCUT2D eigenvalue weighted by atomic mass is 14.1. The summed E-state index contributed by atoms with van der Waals surface area (Å²) in [6.07, 6.45) is 2.13. The smallest absolute Gasteiger partial charge is 0.0152 e. The van der Waals surface area contributed by atoms with Gasteiger partial charge in [-0.15, -0.1) is 0 Å². The van der Waals surface area contributed by atoms with E-state index in [0.29, 0.717) is 0 Å². The maximum absolute atomic E-state index is 2.33. The lowest BCUT2D eigenvalue weighted by Gasteiger charge is -2.12. The van der Waals surface area contributed by atoms with Crippen molar-refractivity contribution in [1.82, 2.24) is 0 Å². The highest BCUT2D eigenvalue weighted by Gasteiger charge is 2.07. The standard InChI is InChI=1S/C23H24/c1-4-18-9-8-11-20(15-18)21-13-17(3)14-22(16-21)23-12-7-6-10-19(23)5-2/h6-16H,4-5H2,1-3H3. The quantitative estimate of drug-likeness (QED) is 0.519. The van der Waals surface area contributed by atoms with Crippen LogP contribution in [0.25, 0.3) is 22.3 Å². The van der Waals surface area contributed by atoms with Crippen LogP contribution in [0.2, 0.25) is 0 Å². The molecule has 0 amide bonds. The Morgan fingerprint density at radius 1 is 0.652 bits per heavy atom. The summed E-state index contributed by atoms with van der Waals surface area (Å²) < 4.78 is 0. The maximum Gasteiger partial charge on any atom is -0.0152 e. The zero-order valence-electron chi connectivity index (χ0n) is 14.3. The summed E-state index contributed by atoms with van der Waals surface area (Å²) in [6, 6.07) is 24.5. The molecule has 0 unspecified atom stereocenters. The predicted octanol–water partition coefficient (Wildman–Crippen LogP) is 6.45. The van der Waals surface area contributed by atoms with Gasteiger partial charge in [-0.25, -0.2) is 0 Å². The summed E-state index contributed by atoms with van der Waals surface area (Å²) >= 11 is 0. The van der Waals surface area contributed by atoms with Crippen molar-refractivity contribution in [3.05, 3.63) is 83.4 Å². The molecule has 0 aliphatic rings. The average Bonchev–Trinajstić information content (AvgIpc) is 2.61. The third kappa shape index (κ3) is 3.37. The molecule has 3 rings (SSSR count). The summed E-state index contributed by atoms with van der Waals surface area (Å²) in [5.74, 6) is 0. The fourth-order valence-corrected chi connectivity index (χ4v) is 3.19. The van der Waals surface area contributed by atoms with E-state index in [2.05, 4.69) is 87.5 Å². The Kier molecular flexibility index (Phi) is 4.62. The van der Waals surface area contributed by atoms with Gasteiger partial charge in [0.25, 0.3) is 0 Å². The minimum atomic E-state index is 1.06. The lowest BCUT2D eigenvalue weighted by Crippen LogP contribution is -1.90. The Hall–Kier alpha value is -2.34. The molecule has 0 fully saturated rings. The van der Waals surface area contributed by atoms with E-state index in [-0.39, 0.29) is 0 Å². The topological polar surface area (TPSA) is 0 Å². The Morgan fingerprint density at radius 2 is 1.43 bits per heavy atom. The van der Waals surface area contributed by atoms with Gasteiger partial charge >= 0.3 is 0 Å². The largest absolute Gasteiger partial charge is 0.0620 e. The van der Waals surface area contributed by atoms with Crippen molar-refractivity contribution in [2.75, 3.05) is 0 Å². The molecule has 0 spiro atoms. The summed E-state index contributed by atoms with van der Waals surface area (Å²) in [5, 5.41) is 0. The molecule has 0 radical (unpaired) electrons. The molecule has 0 heteroatoms. The van der Waals surface area contributed by atoms with E-state index < -0.39 is 0 Å². The molecule has 0 aliphatic carbocycles. The first kappa shape index (κ1) is 15.6. The van der Waals surface area contributed by atoms with Gasteiger partial charge in [-0.05, 0) is 64.8 Å². The van der Waals surface area contributed by atoms with E-state index in [1.54, 1.807) is 0 Å². The molecule has 0 nitrogen and oxygen atoms in total. The van der Waals surface area contributed by atoms with Gasteiger partial charge in [0, 0.05) is 0 Å². The van der Waals surface area contributed by atoms with E-state index in [1.165, 1.54) is 38.9 Å². The number of hydrogen-bond acceptors (Lipinski definition) is 0. The minimum Gasteiger partial charge on any atom is -0.0620 e. The van der Waals surface area contributed by atoms with Crippen LogP contribution in [0.15, 0.2) is 66.7 Å². The zero-order chi connectivity index (χ0) is 16.2. The summed E-state index contributed by atoms with van der Waals surface area (Å²) in [4.78, 5) is 0. The molecule has 116 valence electrons. The monoisotopic (exact) mass is 300 g/mol. The molecule has 0 saturated heterocycles. The van der Waals surface area contributed by atoms with E-state index in [1.807, 2.05) is 0 Å². The Bertz CT molecular complexity index is 812. The molecular weight excluding hydrogens is 276 g/mol. The van der Waals surface area contributed by atoms with Crippen LogP contribution in [0, 0.1) is 6.92 Å². The second kappa shape index (κ2) is 6.83. The van der Waals surface area contributed by atoms with Gasteiger partial charge in [-0.1, -0.05) is 74.5 Å². The molecule has 0 atom stereocenters. The normalized spacial score (nSPS) is 10.7. The first-order valence-electron chi connectivity index (χ1n) is 8.50. The lowest BCUT2D eigenvalue weighted by molar-refractivity contribution is 1.14. The number of rotatable bonds is 4. The molecule has 0 aromatic heterocycles. The Morgan fingerprint density at radius 3 is 2.22 bits per heavy atom. The maximum atomic E-state index is 2.33. The number of benzene rings is 3. The molecule has 0 N–H and O–H groups in total. The van der Waals surface area contributed by atoms with Crippen molar-refractivity contribution in [1.29, 1.82) is 0 Å². The van der Waals surface area contributed by atoms with E-state index in [4.69, 9.17) is 0 Å². The van der Waals surface area contributed by atoms with E-state index in [0.717, 1.165) is 12.8 Å². The van der Waals surface area contributed by atoms with Crippen molar-refractivity contribution in [3.63, 3.8) is 0 Å². The summed E-state index contributed by atoms with van der Waals surface area (Å²) in [6.45, 7) is 6.61. The van der Waals surface area contributed by atoms with E-state index in [9.17, 15) is 0 Å². The van der Waals surface area contributed by atoms with Crippen molar-refractivity contribution < 1.29 is 0 Å². The second-order valence-corrected chi connectivity index (χ2v) is 6.15. The van der Waals surface area contributed by atoms with E-state index >= 15 is 0 Å². The molecule has 0 saturated carbocycles. The van der Waals surface area contributed by atoms with Gasteiger partial charge < -0.3 is 0 Å². The lowest BCUT2D eigenvalue weighted by atomic mass is 9.92. The molecule has 0 bridgehead atoms. The first-order chi connectivity index (χ1) is 11.2. The Labute approximate surface area is 139 Å². The Balaban J connectivity index is 2.12. The third-order valence-corrected chi connectivity index (χ3v) is 4.46. The second-order valence-electron chi connectivity index (χ2n) is 6.15.